The lowest BCUT2D eigenvalue weighted by Gasteiger charge is -2.15. The molecule has 0 aliphatic carbocycles. The van der Waals surface area contributed by atoms with Crippen molar-refractivity contribution in [1.29, 1.82) is 0 Å². The molecular formula is C19H20ClN7O4. The third kappa shape index (κ3) is 5.32. The number of aryl methyl sites for hydroxylation is 1. The largest absolute Gasteiger partial charge is 0.441 e. The third-order valence-electron chi connectivity index (χ3n) is 4.21. The number of nitrogens with zero attached hydrogens (tertiary/aromatic N) is 5. The minimum Gasteiger partial charge on any atom is -0.441 e. The van der Waals surface area contributed by atoms with Crippen molar-refractivity contribution in [2.24, 2.45) is 7.05 Å². The van der Waals surface area contributed by atoms with E-state index in [1.54, 1.807) is 44.4 Å². The smallest absolute Gasteiger partial charge is 0.413 e. The predicted octanol–water partition coefficient (Wildman–Crippen LogP) is 2.55. The molecule has 3 N–H and O–H groups in total. The summed E-state index contributed by atoms with van der Waals surface area (Å²) in [6.07, 6.45) is 0.421. The van der Waals surface area contributed by atoms with Crippen LogP contribution in [0.1, 0.15) is 25.5 Å². The highest BCUT2D eigenvalue weighted by molar-refractivity contribution is 6.30. The molecule has 0 saturated carbocycles. The van der Waals surface area contributed by atoms with Gasteiger partial charge in [0, 0.05) is 18.8 Å². The van der Waals surface area contributed by atoms with Crippen LogP contribution in [0.25, 0.3) is 11.4 Å². The first-order valence-corrected chi connectivity index (χ1v) is 9.57. The van der Waals surface area contributed by atoms with Gasteiger partial charge in [-0.15, -0.1) is 5.10 Å². The first-order valence-electron chi connectivity index (χ1n) is 9.19. The number of hydrogen-bond donors (Lipinski definition) is 3. The first-order chi connectivity index (χ1) is 14.8. The summed E-state index contributed by atoms with van der Waals surface area (Å²) in [4.78, 5) is 32.2. The SMILES string of the molecule is C[C@H](O)C(=O)Nc1ccc(-c2nnn(C)c2NC(=O)O[C@H](C)c2cccnc2Cl)nc1. The molecule has 3 aromatic heterocycles. The van der Waals surface area contributed by atoms with Gasteiger partial charge in [0.25, 0.3) is 5.91 Å². The highest BCUT2D eigenvalue weighted by Gasteiger charge is 2.20. The molecule has 162 valence electrons. The van der Waals surface area contributed by atoms with Crippen LogP contribution in [0.15, 0.2) is 36.7 Å². The number of amides is 2. The summed E-state index contributed by atoms with van der Waals surface area (Å²) in [5.41, 5.74) is 1.68. The van der Waals surface area contributed by atoms with Gasteiger partial charge in [-0.1, -0.05) is 22.9 Å². The van der Waals surface area contributed by atoms with Crippen molar-refractivity contribution in [3.8, 4) is 11.4 Å². The Morgan fingerprint density at radius 2 is 1.97 bits per heavy atom. The maximum Gasteiger partial charge on any atom is 0.413 e. The van der Waals surface area contributed by atoms with Crippen LogP contribution in [0.3, 0.4) is 0 Å². The minimum atomic E-state index is -1.15. The molecule has 2 atom stereocenters. The number of aromatic nitrogens is 5. The maximum atomic E-state index is 12.4. The van der Waals surface area contributed by atoms with Crippen molar-refractivity contribution < 1.29 is 19.4 Å². The number of pyridine rings is 2. The van der Waals surface area contributed by atoms with Crippen molar-refractivity contribution in [2.75, 3.05) is 10.6 Å². The van der Waals surface area contributed by atoms with Crippen LogP contribution in [0.2, 0.25) is 5.15 Å². The van der Waals surface area contributed by atoms with E-state index in [0.29, 0.717) is 22.6 Å². The number of carbonyl (C=O) groups excluding carboxylic acids is 2. The van der Waals surface area contributed by atoms with E-state index in [-0.39, 0.29) is 11.0 Å². The molecule has 0 spiro atoms. The summed E-state index contributed by atoms with van der Waals surface area (Å²) < 4.78 is 6.75. The lowest BCUT2D eigenvalue weighted by atomic mass is 10.2. The van der Waals surface area contributed by atoms with Gasteiger partial charge < -0.3 is 15.2 Å². The summed E-state index contributed by atoms with van der Waals surface area (Å²) in [6.45, 7) is 3.03. The number of ether oxygens (including phenoxy) is 1. The van der Waals surface area contributed by atoms with E-state index >= 15 is 0 Å². The summed E-state index contributed by atoms with van der Waals surface area (Å²) in [6, 6.07) is 6.59. The molecule has 0 aliphatic rings. The number of carbonyl (C=O) groups is 2. The summed E-state index contributed by atoms with van der Waals surface area (Å²) >= 11 is 6.04. The van der Waals surface area contributed by atoms with Gasteiger partial charge in [-0.3, -0.25) is 15.1 Å². The average molecular weight is 446 g/mol. The maximum absolute atomic E-state index is 12.4. The molecule has 3 heterocycles. The van der Waals surface area contributed by atoms with Crippen molar-refractivity contribution >= 4 is 35.1 Å². The Balaban J connectivity index is 1.73. The second-order valence-corrected chi connectivity index (χ2v) is 6.92. The molecule has 0 bridgehead atoms. The van der Waals surface area contributed by atoms with Gasteiger partial charge in [0.1, 0.15) is 17.4 Å². The zero-order valence-corrected chi connectivity index (χ0v) is 17.7. The van der Waals surface area contributed by atoms with Gasteiger partial charge in [-0.25, -0.2) is 14.5 Å². The second kappa shape index (κ2) is 9.49. The van der Waals surface area contributed by atoms with Crippen LogP contribution in [0, 0.1) is 0 Å². The molecule has 0 aliphatic heterocycles. The van der Waals surface area contributed by atoms with E-state index < -0.39 is 24.2 Å². The number of nitrogens with one attached hydrogen (secondary N) is 2. The Bertz CT molecular complexity index is 1090. The fourth-order valence-electron chi connectivity index (χ4n) is 2.58. The van der Waals surface area contributed by atoms with Crippen molar-refractivity contribution in [3.05, 3.63) is 47.4 Å². The number of aliphatic hydroxyl groups excluding tert-OH is 1. The number of anilines is 2. The number of rotatable bonds is 6. The van der Waals surface area contributed by atoms with E-state index in [1.807, 2.05) is 0 Å². The fraction of sp³-hybridized carbons (Fsp3) is 0.263. The topological polar surface area (TPSA) is 144 Å². The average Bonchev–Trinajstić information content (AvgIpc) is 3.08. The molecule has 12 heteroatoms. The quantitative estimate of drug-likeness (QED) is 0.491. The van der Waals surface area contributed by atoms with Crippen LogP contribution in [0.4, 0.5) is 16.3 Å². The Kier molecular flexibility index (Phi) is 6.78. The molecule has 31 heavy (non-hydrogen) atoms. The van der Waals surface area contributed by atoms with Gasteiger partial charge in [-0.2, -0.15) is 0 Å². The lowest BCUT2D eigenvalue weighted by Crippen LogP contribution is -2.24. The molecule has 0 aromatic carbocycles. The molecular weight excluding hydrogens is 426 g/mol. The van der Waals surface area contributed by atoms with Crippen molar-refractivity contribution in [2.45, 2.75) is 26.1 Å². The van der Waals surface area contributed by atoms with E-state index in [2.05, 4.69) is 30.9 Å². The predicted molar refractivity (Wildman–Crippen MR) is 112 cm³/mol. The standard InChI is InChI=1S/C19H20ClN7O4/c1-10(28)18(29)23-12-6-7-14(22-9-12)15-17(27(3)26-25-15)24-19(30)31-11(2)13-5-4-8-21-16(13)20/h4-11,28H,1-3H3,(H,23,29)(H,24,30)/t10-,11+/m0/s1. The highest BCUT2D eigenvalue weighted by atomic mass is 35.5. The van der Waals surface area contributed by atoms with Gasteiger partial charge in [-0.05, 0) is 32.0 Å². The number of hydrogen-bond acceptors (Lipinski definition) is 8. The first kappa shape index (κ1) is 22.1. The highest BCUT2D eigenvalue weighted by Crippen LogP contribution is 2.26. The van der Waals surface area contributed by atoms with Gasteiger partial charge in [0.2, 0.25) is 0 Å². The van der Waals surface area contributed by atoms with E-state index in [0.717, 1.165) is 0 Å². The monoisotopic (exact) mass is 445 g/mol. The van der Waals surface area contributed by atoms with E-state index in [4.69, 9.17) is 16.3 Å². The van der Waals surface area contributed by atoms with E-state index in [9.17, 15) is 14.7 Å². The summed E-state index contributed by atoms with van der Waals surface area (Å²) in [7, 11) is 1.60. The Labute approximate surface area is 182 Å². The Hall–Kier alpha value is -3.57. The van der Waals surface area contributed by atoms with Crippen LogP contribution in [0.5, 0.6) is 0 Å². The molecule has 0 unspecified atom stereocenters. The lowest BCUT2D eigenvalue weighted by molar-refractivity contribution is -0.123. The van der Waals surface area contributed by atoms with E-state index in [1.165, 1.54) is 17.8 Å². The molecule has 3 aromatic rings. The van der Waals surface area contributed by atoms with Crippen LogP contribution < -0.4 is 10.6 Å². The van der Waals surface area contributed by atoms with Crippen LogP contribution in [-0.4, -0.2) is 48.2 Å². The van der Waals surface area contributed by atoms with Crippen molar-refractivity contribution in [1.82, 2.24) is 25.0 Å². The van der Waals surface area contributed by atoms with Gasteiger partial charge in [0.05, 0.1) is 17.6 Å². The summed E-state index contributed by atoms with van der Waals surface area (Å²) in [5.74, 6) is -0.287. The van der Waals surface area contributed by atoms with Gasteiger partial charge in [0.15, 0.2) is 11.5 Å². The van der Waals surface area contributed by atoms with Crippen molar-refractivity contribution in [3.63, 3.8) is 0 Å². The summed E-state index contributed by atoms with van der Waals surface area (Å²) in [5, 5.41) is 22.6. The minimum absolute atomic E-state index is 0.248. The molecule has 0 radical (unpaired) electrons. The molecule has 2 amide bonds. The Morgan fingerprint density at radius 3 is 2.61 bits per heavy atom. The fourth-order valence-corrected chi connectivity index (χ4v) is 2.85. The normalized spacial score (nSPS) is 12.7. The molecule has 11 nitrogen and oxygen atoms in total. The second-order valence-electron chi connectivity index (χ2n) is 6.56. The zero-order valence-electron chi connectivity index (χ0n) is 16.9. The number of aliphatic hydroxyl groups is 1. The zero-order chi connectivity index (χ0) is 22.5. The van der Waals surface area contributed by atoms with Gasteiger partial charge >= 0.3 is 6.09 Å². The number of halogens is 1. The molecule has 0 saturated heterocycles. The Morgan fingerprint density at radius 1 is 1.19 bits per heavy atom. The van der Waals surface area contributed by atoms with Crippen LogP contribution in [-0.2, 0) is 16.6 Å². The molecule has 3 rings (SSSR count). The third-order valence-corrected chi connectivity index (χ3v) is 4.53. The molecule has 0 fully saturated rings. The van der Waals surface area contributed by atoms with Crippen LogP contribution >= 0.6 is 11.6 Å².